The molecule has 4 heteroatoms. The van der Waals surface area contributed by atoms with Crippen LogP contribution in [0.3, 0.4) is 0 Å². The summed E-state index contributed by atoms with van der Waals surface area (Å²) in [5, 5.41) is 5.59. The zero-order valence-corrected chi connectivity index (χ0v) is 12.6. The molecule has 0 aromatic heterocycles. The Morgan fingerprint density at radius 1 is 0.864 bits per heavy atom. The van der Waals surface area contributed by atoms with E-state index in [0.717, 1.165) is 16.8 Å². The first-order valence-electron chi connectivity index (χ1n) is 7.30. The van der Waals surface area contributed by atoms with Crippen molar-refractivity contribution < 1.29 is 9.59 Å². The zero-order chi connectivity index (χ0) is 15.8. The number of carbonyl (C=O) groups is 2. The Kier molecular flexibility index (Phi) is 5.72. The van der Waals surface area contributed by atoms with Gasteiger partial charge in [0.25, 0.3) is 0 Å². The van der Waals surface area contributed by atoms with Crippen molar-refractivity contribution in [1.29, 1.82) is 0 Å². The van der Waals surface area contributed by atoms with Gasteiger partial charge in [-0.2, -0.15) is 0 Å². The minimum Gasteiger partial charge on any atom is -0.352 e. The summed E-state index contributed by atoms with van der Waals surface area (Å²) < 4.78 is 0. The minimum atomic E-state index is -0.154. The van der Waals surface area contributed by atoms with Gasteiger partial charge in [-0.05, 0) is 24.6 Å². The van der Waals surface area contributed by atoms with Crippen LogP contribution in [-0.2, 0) is 16.1 Å². The van der Waals surface area contributed by atoms with E-state index in [1.54, 1.807) is 0 Å². The summed E-state index contributed by atoms with van der Waals surface area (Å²) >= 11 is 0. The first kappa shape index (κ1) is 15.8. The monoisotopic (exact) mass is 296 g/mol. The molecule has 0 aliphatic carbocycles. The van der Waals surface area contributed by atoms with Gasteiger partial charge in [0.15, 0.2) is 0 Å². The molecular formula is C18H20N2O2. The van der Waals surface area contributed by atoms with Gasteiger partial charge in [-0.15, -0.1) is 0 Å². The van der Waals surface area contributed by atoms with Crippen LogP contribution in [0.2, 0.25) is 0 Å². The molecule has 4 nitrogen and oxygen atoms in total. The van der Waals surface area contributed by atoms with Crippen LogP contribution in [0, 0.1) is 6.92 Å². The highest BCUT2D eigenvalue weighted by molar-refractivity contribution is 5.93. The van der Waals surface area contributed by atoms with E-state index in [-0.39, 0.29) is 24.7 Å². The Labute approximate surface area is 130 Å². The summed E-state index contributed by atoms with van der Waals surface area (Å²) in [5.74, 6) is -0.276. The highest BCUT2D eigenvalue weighted by Gasteiger charge is 2.07. The predicted molar refractivity (Wildman–Crippen MR) is 87.3 cm³/mol. The van der Waals surface area contributed by atoms with Crippen molar-refractivity contribution in [1.82, 2.24) is 5.32 Å². The third-order valence-corrected chi connectivity index (χ3v) is 3.25. The number of amides is 2. The molecule has 0 aliphatic heterocycles. The summed E-state index contributed by atoms with van der Waals surface area (Å²) in [7, 11) is 0. The van der Waals surface area contributed by atoms with E-state index in [2.05, 4.69) is 10.6 Å². The lowest BCUT2D eigenvalue weighted by atomic mass is 10.2. The second-order valence-electron chi connectivity index (χ2n) is 5.18. The van der Waals surface area contributed by atoms with Crippen molar-refractivity contribution in [2.24, 2.45) is 0 Å². The molecule has 114 valence electrons. The molecule has 0 saturated heterocycles. The lowest BCUT2D eigenvalue weighted by molar-refractivity contribution is -0.124. The molecule has 0 heterocycles. The van der Waals surface area contributed by atoms with Crippen LogP contribution in [0.1, 0.15) is 24.0 Å². The number of rotatable bonds is 6. The van der Waals surface area contributed by atoms with E-state index < -0.39 is 0 Å². The summed E-state index contributed by atoms with van der Waals surface area (Å²) in [4.78, 5) is 23.5. The number of hydrogen-bond acceptors (Lipinski definition) is 2. The van der Waals surface area contributed by atoms with Crippen molar-refractivity contribution in [2.75, 3.05) is 5.32 Å². The highest BCUT2D eigenvalue weighted by Crippen LogP contribution is 2.09. The van der Waals surface area contributed by atoms with E-state index in [9.17, 15) is 9.59 Å². The maximum absolute atomic E-state index is 11.8. The molecule has 0 bridgehead atoms. The maximum Gasteiger partial charge on any atom is 0.224 e. The predicted octanol–water partition coefficient (Wildman–Crippen LogP) is 3.03. The largest absolute Gasteiger partial charge is 0.352 e. The van der Waals surface area contributed by atoms with Crippen molar-refractivity contribution in [3.05, 3.63) is 65.7 Å². The quantitative estimate of drug-likeness (QED) is 0.861. The molecule has 0 spiro atoms. The van der Waals surface area contributed by atoms with E-state index in [0.29, 0.717) is 6.54 Å². The summed E-state index contributed by atoms with van der Waals surface area (Å²) in [6.45, 7) is 2.47. The van der Waals surface area contributed by atoms with Crippen LogP contribution in [0.15, 0.2) is 54.6 Å². The topological polar surface area (TPSA) is 58.2 Å². The third-order valence-electron chi connectivity index (χ3n) is 3.25. The van der Waals surface area contributed by atoms with Crippen molar-refractivity contribution in [3.8, 4) is 0 Å². The Hall–Kier alpha value is -2.62. The molecule has 0 fully saturated rings. The van der Waals surface area contributed by atoms with Gasteiger partial charge in [0.1, 0.15) is 0 Å². The molecule has 0 atom stereocenters. The van der Waals surface area contributed by atoms with Crippen molar-refractivity contribution in [3.63, 3.8) is 0 Å². The first-order valence-corrected chi connectivity index (χ1v) is 7.30. The minimum absolute atomic E-state index is 0.122. The summed E-state index contributed by atoms with van der Waals surface area (Å²) in [6.07, 6.45) is 0.360. The van der Waals surface area contributed by atoms with Crippen LogP contribution in [0.4, 0.5) is 5.69 Å². The Morgan fingerprint density at radius 2 is 1.50 bits per heavy atom. The lowest BCUT2D eigenvalue weighted by Crippen LogP contribution is -2.24. The smallest absolute Gasteiger partial charge is 0.224 e. The van der Waals surface area contributed by atoms with Crippen LogP contribution in [-0.4, -0.2) is 11.8 Å². The van der Waals surface area contributed by atoms with E-state index >= 15 is 0 Å². The fourth-order valence-corrected chi connectivity index (χ4v) is 1.97. The fourth-order valence-electron chi connectivity index (χ4n) is 1.97. The molecule has 2 rings (SSSR count). The van der Waals surface area contributed by atoms with E-state index in [1.165, 1.54) is 0 Å². The number of hydrogen-bond donors (Lipinski definition) is 2. The summed E-state index contributed by atoms with van der Waals surface area (Å²) in [6, 6.07) is 17.2. The van der Waals surface area contributed by atoms with Gasteiger partial charge in [-0.3, -0.25) is 9.59 Å². The second-order valence-corrected chi connectivity index (χ2v) is 5.18. The molecule has 2 amide bonds. The molecule has 0 saturated carbocycles. The molecular weight excluding hydrogens is 276 g/mol. The number of carbonyl (C=O) groups excluding carboxylic acids is 2. The van der Waals surface area contributed by atoms with Gasteiger partial charge in [-0.25, -0.2) is 0 Å². The normalized spacial score (nSPS) is 10.0. The standard InChI is InChI=1S/C18H20N2O2/c1-14-7-9-16(10-8-14)20-18(22)12-11-17(21)19-13-15-5-3-2-4-6-15/h2-10H,11-13H2,1H3,(H,19,21)(H,20,22). The summed E-state index contributed by atoms with van der Waals surface area (Å²) in [5.41, 5.74) is 2.93. The molecule has 2 aromatic rings. The molecule has 0 aliphatic rings. The van der Waals surface area contributed by atoms with Gasteiger partial charge in [0, 0.05) is 25.1 Å². The Bertz CT molecular complexity index is 621. The van der Waals surface area contributed by atoms with Crippen molar-refractivity contribution in [2.45, 2.75) is 26.3 Å². The van der Waals surface area contributed by atoms with Gasteiger partial charge in [0.2, 0.25) is 11.8 Å². The van der Waals surface area contributed by atoms with Crippen molar-refractivity contribution >= 4 is 17.5 Å². The number of benzene rings is 2. The van der Waals surface area contributed by atoms with Gasteiger partial charge >= 0.3 is 0 Å². The highest BCUT2D eigenvalue weighted by atomic mass is 16.2. The maximum atomic E-state index is 11.8. The van der Waals surface area contributed by atoms with Crippen LogP contribution >= 0.6 is 0 Å². The zero-order valence-electron chi connectivity index (χ0n) is 12.6. The SMILES string of the molecule is Cc1ccc(NC(=O)CCC(=O)NCc2ccccc2)cc1. The lowest BCUT2D eigenvalue weighted by Gasteiger charge is -2.07. The first-order chi connectivity index (χ1) is 10.6. The third kappa shape index (κ3) is 5.40. The number of nitrogens with one attached hydrogen (secondary N) is 2. The average molecular weight is 296 g/mol. The molecule has 2 aromatic carbocycles. The van der Waals surface area contributed by atoms with Gasteiger partial charge in [-0.1, -0.05) is 48.0 Å². The van der Waals surface area contributed by atoms with Gasteiger partial charge in [0.05, 0.1) is 0 Å². The van der Waals surface area contributed by atoms with E-state index in [4.69, 9.17) is 0 Å². The average Bonchev–Trinajstić information content (AvgIpc) is 2.54. The number of aryl methyl sites for hydroxylation is 1. The molecule has 0 radical (unpaired) electrons. The Morgan fingerprint density at radius 3 is 2.18 bits per heavy atom. The second kappa shape index (κ2) is 7.98. The van der Waals surface area contributed by atoms with Crippen LogP contribution in [0.25, 0.3) is 0 Å². The van der Waals surface area contributed by atoms with Gasteiger partial charge < -0.3 is 10.6 Å². The Balaban J connectivity index is 1.69. The molecule has 0 unspecified atom stereocenters. The van der Waals surface area contributed by atoms with E-state index in [1.807, 2.05) is 61.5 Å². The number of anilines is 1. The van der Waals surface area contributed by atoms with Crippen LogP contribution in [0.5, 0.6) is 0 Å². The molecule has 2 N–H and O–H groups in total. The van der Waals surface area contributed by atoms with Crippen LogP contribution < -0.4 is 10.6 Å². The fraction of sp³-hybridized carbons (Fsp3) is 0.222. The molecule has 22 heavy (non-hydrogen) atoms.